The zero-order valence-corrected chi connectivity index (χ0v) is 17.3. The maximum atomic E-state index is 14.2. The van der Waals surface area contributed by atoms with Gasteiger partial charge in [-0.1, -0.05) is 39.2 Å². The molecule has 0 saturated heterocycles. The van der Waals surface area contributed by atoms with Gasteiger partial charge >= 0.3 is 0 Å². The number of hydrogen-bond acceptors (Lipinski definition) is 2. The lowest BCUT2D eigenvalue weighted by Gasteiger charge is -2.16. The molecule has 0 heterocycles. The first-order chi connectivity index (χ1) is 13.6. The molecule has 0 spiro atoms. The van der Waals surface area contributed by atoms with E-state index in [1.54, 1.807) is 19.9 Å². The Bertz CT molecular complexity index is 796. The van der Waals surface area contributed by atoms with Crippen LogP contribution in [0.25, 0.3) is 6.08 Å². The first-order valence-corrected chi connectivity index (χ1v) is 9.40. The monoisotopic (exact) mass is 412 g/mol. The highest BCUT2D eigenvalue weighted by Crippen LogP contribution is 2.30. The quantitative estimate of drug-likeness (QED) is 0.216. The number of hydrogen-bond donors (Lipinski definition) is 0. The lowest BCUT2D eigenvalue weighted by Crippen LogP contribution is -2.04. The Balaban J connectivity index is 2.70. The molecule has 0 aromatic heterocycles. The van der Waals surface area contributed by atoms with Crippen molar-refractivity contribution in [2.75, 3.05) is 13.7 Å². The van der Waals surface area contributed by atoms with Crippen molar-refractivity contribution in [2.45, 2.75) is 33.6 Å². The highest BCUT2D eigenvalue weighted by Gasteiger charge is 2.19. The van der Waals surface area contributed by atoms with E-state index in [-0.39, 0.29) is 41.1 Å². The topological polar surface area (TPSA) is 18.5 Å². The average Bonchev–Trinajstić information content (AvgIpc) is 2.71. The minimum Gasteiger partial charge on any atom is -0.494 e. The van der Waals surface area contributed by atoms with E-state index in [4.69, 9.17) is 9.47 Å². The molecule has 0 fully saturated rings. The van der Waals surface area contributed by atoms with Crippen molar-refractivity contribution in [1.29, 1.82) is 0 Å². The van der Waals surface area contributed by atoms with Gasteiger partial charge in [-0.05, 0) is 49.3 Å². The number of allylic oxidation sites excluding steroid dienone is 4. The number of methoxy groups -OCH3 is 1. The van der Waals surface area contributed by atoms with Crippen LogP contribution in [-0.2, 0) is 4.74 Å². The van der Waals surface area contributed by atoms with Crippen LogP contribution in [0.1, 0.15) is 39.2 Å². The minimum absolute atomic E-state index is 0.00471. The fourth-order valence-electron chi connectivity index (χ4n) is 2.60. The van der Waals surface area contributed by atoms with E-state index in [0.717, 1.165) is 0 Å². The van der Waals surface area contributed by atoms with Gasteiger partial charge in [0, 0.05) is 5.56 Å². The Labute approximate surface area is 170 Å². The van der Waals surface area contributed by atoms with Crippen molar-refractivity contribution in [3.63, 3.8) is 0 Å². The second kappa shape index (κ2) is 11.5. The van der Waals surface area contributed by atoms with Crippen LogP contribution in [0, 0.1) is 23.5 Å². The summed E-state index contributed by atoms with van der Waals surface area (Å²) in [4.78, 5) is 0. The average molecular weight is 412 g/mol. The van der Waals surface area contributed by atoms with Gasteiger partial charge in [-0.25, -0.2) is 8.78 Å². The fourth-order valence-corrected chi connectivity index (χ4v) is 2.60. The van der Waals surface area contributed by atoms with E-state index in [1.807, 2.05) is 6.92 Å². The van der Waals surface area contributed by atoms with Gasteiger partial charge in [0.25, 0.3) is 0 Å². The van der Waals surface area contributed by atoms with E-state index < -0.39 is 23.3 Å². The van der Waals surface area contributed by atoms with Gasteiger partial charge in [-0.3, -0.25) is 0 Å². The smallest absolute Gasteiger partial charge is 0.201 e. The largest absolute Gasteiger partial charge is 0.494 e. The van der Waals surface area contributed by atoms with Crippen LogP contribution in [0.5, 0.6) is 5.75 Å². The molecule has 2 nitrogen and oxygen atoms in total. The van der Waals surface area contributed by atoms with Gasteiger partial charge < -0.3 is 9.47 Å². The predicted octanol–water partition coefficient (Wildman–Crippen LogP) is 7.30. The summed E-state index contributed by atoms with van der Waals surface area (Å²) in [6.45, 7) is 12.5. The molecule has 6 heteroatoms. The first kappa shape index (κ1) is 24.5. The number of rotatable bonds is 11. The third-order valence-electron chi connectivity index (χ3n) is 4.59. The summed E-state index contributed by atoms with van der Waals surface area (Å²) in [5.74, 6) is -5.05. The summed E-state index contributed by atoms with van der Waals surface area (Å²) < 4.78 is 65.5. The molecule has 2 atom stereocenters. The Kier molecular flexibility index (Phi) is 9.72. The van der Waals surface area contributed by atoms with Crippen molar-refractivity contribution in [1.82, 2.24) is 0 Å². The van der Waals surface area contributed by atoms with Crippen LogP contribution < -0.4 is 4.74 Å². The summed E-state index contributed by atoms with van der Waals surface area (Å²) in [6, 6.07) is 2.79. The first-order valence-electron chi connectivity index (χ1n) is 9.40. The van der Waals surface area contributed by atoms with Gasteiger partial charge in [-0.15, -0.1) is 0 Å². The molecule has 29 heavy (non-hydrogen) atoms. The van der Waals surface area contributed by atoms with E-state index in [2.05, 4.69) is 13.2 Å². The molecule has 0 radical (unpaired) electrons. The summed E-state index contributed by atoms with van der Waals surface area (Å²) in [6.07, 6.45) is 4.39. The predicted molar refractivity (Wildman–Crippen MR) is 109 cm³/mol. The van der Waals surface area contributed by atoms with Crippen LogP contribution in [0.3, 0.4) is 0 Å². The van der Waals surface area contributed by atoms with E-state index in [1.165, 1.54) is 25.3 Å². The molecule has 1 aromatic rings. The molecule has 0 saturated carbocycles. The van der Waals surface area contributed by atoms with Gasteiger partial charge in [0.05, 0.1) is 13.7 Å². The highest BCUT2D eigenvalue weighted by atomic mass is 19.2. The zero-order chi connectivity index (χ0) is 22.1. The Hall–Kier alpha value is -2.50. The third-order valence-corrected chi connectivity index (χ3v) is 4.59. The molecule has 0 N–H and O–H groups in total. The standard InChI is InChI=1S/C23H28F4O2/c1-7-29-17(5)21(25)20(24)16(4)15(3)10-8-14(2)9-11-18-12-13-19(28-6)23(27)22(18)26/h9,11-15H,4-5,7-8,10H2,1-3,6H3/b11-9+,21-20-. The second-order valence-corrected chi connectivity index (χ2v) is 6.81. The molecule has 160 valence electrons. The maximum Gasteiger partial charge on any atom is 0.201 e. The molecule has 0 aliphatic rings. The summed E-state index contributed by atoms with van der Waals surface area (Å²) >= 11 is 0. The molecule has 0 aliphatic heterocycles. The van der Waals surface area contributed by atoms with E-state index in [0.29, 0.717) is 12.8 Å². The number of benzene rings is 1. The van der Waals surface area contributed by atoms with Crippen LogP contribution in [0.4, 0.5) is 17.6 Å². The van der Waals surface area contributed by atoms with Gasteiger partial charge in [0.1, 0.15) is 0 Å². The highest BCUT2D eigenvalue weighted by molar-refractivity contribution is 5.52. The number of halogens is 4. The summed E-state index contributed by atoms with van der Waals surface area (Å²) in [5.41, 5.74) is 0.140. The molecule has 0 bridgehead atoms. The van der Waals surface area contributed by atoms with Gasteiger partial charge in [0.15, 0.2) is 29.0 Å². The third kappa shape index (κ3) is 6.80. The Morgan fingerprint density at radius 2 is 1.72 bits per heavy atom. The normalized spacial score (nSPS) is 14.3. The summed E-state index contributed by atoms with van der Waals surface area (Å²) in [5, 5.41) is 0. The van der Waals surface area contributed by atoms with Crippen molar-refractivity contribution in [2.24, 2.45) is 11.8 Å². The van der Waals surface area contributed by atoms with Crippen molar-refractivity contribution in [3.8, 4) is 5.75 Å². The maximum absolute atomic E-state index is 14.2. The molecular formula is C23H28F4O2. The fraction of sp³-hybridized carbons (Fsp3) is 0.391. The Morgan fingerprint density at radius 1 is 1.07 bits per heavy atom. The lowest BCUT2D eigenvalue weighted by atomic mass is 9.91. The van der Waals surface area contributed by atoms with Crippen LogP contribution in [0.2, 0.25) is 0 Å². The van der Waals surface area contributed by atoms with Crippen LogP contribution >= 0.6 is 0 Å². The molecule has 0 aliphatic carbocycles. The van der Waals surface area contributed by atoms with Crippen molar-refractivity contribution < 1.29 is 27.0 Å². The van der Waals surface area contributed by atoms with E-state index >= 15 is 0 Å². The lowest BCUT2D eigenvalue weighted by molar-refractivity contribution is 0.223. The number of ether oxygens (including phenoxy) is 2. The van der Waals surface area contributed by atoms with Gasteiger partial charge in [0.2, 0.25) is 5.82 Å². The molecule has 0 amide bonds. The summed E-state index contributed by atoms with van der Waals surface area (Å²) in [7, 11) is 1.26. The molecule has 1 aromatic carbocycles. The zero-order valence-electron chi connectivity index (χ0n) is 17.3. The SMILES string of the molecule is C=C(OCC)/C(F)=C(/F)C(=C)C(C)CCC(C)/C=C/c1ccc(OC)c(F)c1F. The van der Waals surface area contributed by atoms with Gasteiger partial charge in [-0.2, -0.15) is 8.78 Å². The Morgan fingerprint density at radius 3 is 2.31 bits per heavy atom. The molecular weight excluding hydrogens is 384 g/mol. The molecule has 1 rings (SSSR count). The molecule has 2 unspecified atom stereocenters. The second-order valence-electron chi connectivity index (χ2n) is 6.81. The van der Waals surface area contributed by atoms with Crippen molar-refractivity contribution in [3.05, 3.63) is 71.6 Å². The van der Waals surface area contributed by atoms with Crippen molar-refractivity contribution >= 4 is 6.08 Å². The van der Waals surface area contributed by atoms with Crippen LogP contribution in [-0.4, -0.2) is 13.7 Å². The van der Waals surface area contributed by atoms with E-state index in [9.17, 15) is 17.6 Å². The minimum atomic E-state index is -1.14. The van der Waals surface area contributed by atoms with Crippen LogP contribution in [0.15, 0.2) is 54.4 Å².